The maximum absolute atomic E-state index is 9.00. The highest BCUT2D eigenvalue weighted by Crippen LogP contribution is 2.01. The van der Waals surface area contributed by atoms with Crippen LogP contribution in [0.5, 0.6) is 0 Å². The van der Waals surface area contributed by atoms with Crippen molar-refractivity contribution >= 4 is 9.76 Å². The molecule has 4 heteroatoms. The van der Waals surface area contributed by atoms with Crippen LogP contribution < -0.4 is 11.1 Å². The SMILES string of the molecule is CCCC(N)(NCC)[SiH2]O. The van der Waals surface area contributed by atoms with Crippen molar-refractivity contribution in [3.63, 3.8) is 0 Å². The van der Waals surface area contributed by atoms with Gasteiger partial charge in [-0.1, -0.05) is 20.3 Å². The second-order valence-corrected chi connectivity index (χ2v) is 4.17. The fourth-order valence-corrected chi connectivity index (χ4v) is 1.89. The van der Waals surface area contributed by atoms with Gasteiger partial charge in [-0.25, -0.2) is 0 Å². The van der Waals surface area contributed by atoms with Crippen molar-refractivity contribution in [3.05, 3.63) is 0 Å². The molecule has 0 rings (SSSR count). The summed E-state index contributed by atoms with van der Waals surface area (Å²) in [5.74, 6) is 0. The fraction of sp³-hybridized carbons (Fsp3) is 1.00. The minimum Gasteiger partial charge on any atom is -0.435 e. The van der Waals surface area contributed by atoms with Gasteiger partial charge in [0.2, 0.25) is 0 Å². The Morgan fingerprint density at radius 1 is 1.60 bits per heavy atom. The van der Waals surface area contributed by atoms with Gasteiger partial charge in [-0.05, 0) is 13.0 Å². The maximum Gasteiger partial charge on any atom is 0.192 e. The largest absolute Gasteiger partial charge is 0.435 e. The molecule has 3 nitrogen and oxygen atoms in total. The van der Waals surface area contributed by atoms with Crippen molar-refractivity contribution in [2.24, 2.45) is 5.73 Å². The molecule has 0 saturated carbocycles. The maximum atomic E-state index is 9.00. The summed E-state index contributed by atoms with van der Waals surface area (Å²) in [6.45, 7) is 4.91. The van der Waals surface area contributed by atoms with E-state index in [4.69, 9.17) is 10.5 Å². The number of hydrogen-bond donors (Lipinski definition) is 3. The molecule has 1 unspecified atom stereocenters. The molecule has 0 aromatic carbocycles. The monoisotopic (exact) mass is 162 g/mol. The topological polar surface area (TPSA) is 58.3 Å². The predicted molar refractivity (Wildman–Crippen MR) is 46.3 cm³/mol. The van der Waals surface area contributed by atoms with Gasteiger partial charge in [-0.3, -0.25) is 0 Å². The molecule has 1 atom stereocenters. The van der Waals surface area contributed by atoms with Gasteiger partial charge >= 0.3 is 0 Å². The second kappa shape index (κ2) is 4.84. The summed E-state index contributed by atoms with van der Waals surface area (Å²) in [7, 11) is -1.12. The van der Waals surface area contributed by atoms with E-state index < -0.39 is 15.0 Å². The third kappa shape index (κ3) is 3.31. The van der Waals surface area contributed by atoms with Crippen molar-refractivity contribution in [3.8, 4) is 0 Å². The molecule has 0 bridgehead atoms. The minimum absolute atomic E-state index is 0.413. The number of nitrogens with two attached hydrogens (primary N) is 1. The standard InChI is InChI=1S/C6H18N2OSi/c1-3-5-6(7,10-9)8-4-2/h8-9H,3-5,7,10H2,1-2H3. The van der Waals surface area contributed by atoms with Gasteiger partial charge in [0.1, 0.15) is 0 Å². The molecule has 10 heavy (non-hydrogen) atoms. The molecule has 0 aliphatic heterocycles. The highest BCUT2D eigenvalue weighted by Gasteiger charge is 2.21. The summed E-state index contributed by atoms with van der Waals surface area (Å²) in [5.41, 5.74) is 5.82. The van der Waals surface area contributed by atoms with Crippen LogP contribution in [-0.4, -0.2) is 26.4 Å². The van der Waals surface area contributed by atoms with Crippen LogP contribution in [0.4, 0.5) is 0 Å². The molecule has 4 N–H and O–H groups in total. The number of hydrogen-bond acceptors (Lipinski definition) is 3. The average molecular weight is 162 g/mol. The van der Waals surface area contributed by atoms with Gasteiger partial charge in [-0.15, -0.1) is 0 Å². The molecule has 0 amide bonds. The summed E-state index contributed by atoms with van der Waals surface area (Å²) < 4.78 is 0. The van der Waals surface area contributed by atoms with E-state index >= 15 is 0 Å². The highest BCUT2D eigenvalue weighted by molar-refractivity contribution is 6.30. The molecule has 0 spiro atoms. The zero-order valence-corrected chi connectivity index (χ0v) is 8.27. The van der Waals surface area contributed by atoms with E-state index in [-0.39, 0.29) is 0 Å². The molecule has 0 saturated heterocycles. The lowest BCUT2D eigenvalue weighted by Crippen LogP contribution is -2.58. The first-order chi connectivity index (χ1) is 4.68. The van der Waals surface area contributed by atoms with E-state index in [1.54, 1.807) is 0 Å². The van der Waals surface area contributed by atoms with Crippen molar-refractivity contribution in [1.29, 1.82) is 0 Å². The lowest BCUT2D eigenvalue weighted by molar-refractivity contribution is 0.396. The van der Waals surface area contributed by atoms with Crippen LogP contribution in [0.1, 0.15) is 26.7 Å². The zero-order chi connectivity index (χ0) is 8.04. The Bertz CT molecular complexity index is 83.8. The van der Waals surface area contributed by atoms with Crippen LogP contribution in [0.25, 0.3) is 0 Å². The van der Waals surface area contributed by atoms with Crippen LogP contribution in [0, 0.1) is 0 Å². The Morgan fingerprint density at radius 3 is 2.50 bits per heavy atom. The molecule has 62 valence electrons. The lowest BCUT2D eigenvalue weighted by Gasteiger charge is -2.26. The Hall–Kier alpha value is 0.0969. The van der Waals surface area contributed by atoms with Crippen LogP contribution in [-0.2, 0) is 0 Å². The van der Waals surface area contributed by atoms with Crippen LogP contribution in [0.15, 0.2) is 0 Å². The van der Waals surface area contributed by atoms with Gasteiger partial charge in [-0.2, -0.15) is 0 Å². The third-order valence-electron chi connectivity index (χ3n) is 1.51. The molecule has 0 aromatic heterocycles. The van der Waals surface area contributed by atoms with Crippen molar-refractivity contribution in [2.45, 2.75) is 32.0 Å². The van der Waals surface area contributed by atoms with E-state index in [0.717, 1.165) is 19.4 Å². The number of rotatable bonds is 5. The van der Waals surface area contributed by atoms with Crippen molar-refractivity contribution in [1.82, 2.24) is 5.32 Å². The predicted octanol–water partition coefficient (Wildman–Crippen LogP) is -0.915. The smallest absolute Gasteiger partial charge is 0.192 e. The Morgan fingerprint density at radius 2 is 2.20 bits per heavy atom. The minimum atomic E-state index is -1.12. The van der Waals surface area contributed by atoms with Gasteiger partial charge in [0, 0.05) is 0 Å². The van der Waals surface area contributed by atoms with E-state index in [1.807, 2.05) is 6.92 Å². The molecular weight excluding hydrogens is 144 g/mol. The highest BCUT2D eigenvalue weighted by atomic mass is 28.2. The molecule has 0 radical (unpaired) electrons. The summed E-state index contributed by atoms with van der Waals surface area (Å²) in [4.78, 5) is 9.00. The van der Waals surface area contributed by atoms with E-state index in [1.165, 1.54) is 0 Å². The van der Waals surface area contributed by atoms with Crippen LogP contribution >= 0.6 is 0 Å². The van der Waals surface area contributed by atoms with Gasteiger partial charge in [0.25, 0.3) is 0 Å². The second-order valence-electron chi connectivity index (χ2n) is 2.59. The van der Waals surface area contributed by atoms with Gasteiger partial charge in [0.05, 0.1) is 5.29 Å². The molecule has 0 heterocycles. The zero-order valence-electron chi connectivity index (χ0n) is 6.85. The summed E-state index contributed by atoms with van der Waals surface area (Å²) >= 11 is 0. The Kier molecular flexibility index (Phi) is 4.89. The Labute approximate surface area is 64.9 Å². The molecular formula is C6H18N2OSi. The molecule has 0 fully saturated rings. The summed E-state index contributed by atoms with van der Waals surface area (Å²) in [6, 6.07) is 0. The first-order valence-electron chi connectivity index (χ1n) is 3.83. The summed E-state index contributed by atoms with van der Waals surface area (Å²) in [5, 5.41) is 2.69. The van der Waals surface area contributed by atoms with Gasteiger partial charge < -0.3 is 15.8 Å². The fourth-order valence-electron chi connectivity index (χ4n) is 1.02. The third-order valence-corrected chi connectivity index (χ3v) is 2.67. The van der Waals surface area contributed by atoms with Crippen LogP contribution in [0.3, 0.4) is 0 Å². The van der Waals surface area contributed by atoms with Crippen molar-refractivity contribution < 1.29 is 4.80 Å². The van der Waals surface area contributed by atoms with Gasteiger partial charge in [0.15, 0.2) is 9.76 Å². The van der Waals surface area contributed by atoms with E-state index in [0.29, 0.717) is 0 Å². The van der Waals surface area contributed by atoms with Crippen molar-refractivity contribution in [2.75, 3.05) is 6.54 Å². The molecule has 0 aliphatic rings. The average Bonchev–Trinajstić information content (AvgIpc) is 1.89. The normalized spacial score (nSPS) is 18.0. The van der Waals surface area contributed by atoms with E-state index in [9.17, 15) is 0 Å². The first-order valence-corrected chi connectivity index (χ1v) is 5.17. The lowest BCUT2D eigenvalue weighted by atomic mass is 10.3. The number of nitrogens with one attached hydrogen (secondary N) is 1. The Balaban J connectivity index is 3.69. The van der Waals surface area contributed by atoms with E-state index in [2.05, 4.69) is 12.2 Å². The molecule has 0 aromatic rings. The molecule has 0 aliphatic carbocycles. The quantitative estimate of drug-likeness (QED) is 0.362. The van der Waals surface area contributed by atoms with Crippen LogP contribution in [0.2, 0.25) is 0 Å². The summed E-state index contributed by atoms with van der Waals surface area (Å²) in [6.07, 6.45) is 1.90. The first kappa shape index (κ1) is 10.1.